The van der Waals surface area contributed by atoms with Crippen LogP contribution in [0.5, 0.6) is 5.75 Å². The largest absolute Gasteiger partial charge is 0.495 e. The number of methoxy groups -OCH3 is 1. The first-order chi connectivity index (χ1) is 10.8. The van der Waals surface area contributed by atoms with Gasteiger partial charge in [-0.25, -0.2) is 0 Å². The monoisotopic (exact) mass is 303 g/mol. The van der Waals surface area contributed by atoms with E-state index in [1.54, 1.807) is 7.11 Å². The number of para-hydroxylation sites is 2. The number of carbonyl (C=O) groups excluding carboxylic acids is 1. The molecule has 0 aliphatic carbocycles. The molecular formula is C17H25N3O2. The predicted molar refractivity (Wildman–Crippen MR) is 87.4 cm³/mol. The van der Waals surface area contributed by atoms with Gasteiger partial charge in [0.1, 0.15) is 5.75 Å². The van der Waals surface area contributed by atoms with E-state index in [0.29, 0.717) is 18.2 Å². The fraction of sp³-hybridized carbons (Fsp3) is 0.588. The summed E-state index contributed by atoms with van der Waals surface area (Å²) in [5.74, 6) is 1.74. The molecule has 3 rings (SSSR count). The summed E-state index contributed by atoms with van der Waals surface area (Å²) in [5, 5.41) is 3.33. The third kappa shape index (κ3) is 3.35. The van der Waals surface area contributed by atoms with Crippen LogP contribution in [-0.2, 0) is 4.79 Å². The number of nitrogens with zero attached hydrogens (tertiary/aromatic N) is 2. The van der Waals surface area contributed by atoms with Gasteiger partial charge in [-0.05, 0) is 37.6 Å². The molecule has 2 saturated heterocycles. The van der Waals surface area contributed by atoms with E-state index in [2.05, 4.69) is 16.3 Å². The van der Waals surface area contributed by atoms with Gasteiger partial charge in [-0.2, -0.15) is 0 Å². The minimum atomic E-state index is 0.313. The predicted octanol–water partition coefficient (Wildman–Crippen LogP) is 1.34. The summed E-state index contributed by atoms with van der Waals surface area (Å²) in [6.45, 7) is 5.39. The third-order valence-corrected chi connectivity index (χ3v) is 4.68. The number of ether oxygens (including phenoxy) is 1. The quantitative estimate of drug-likeness (QED) is 0.912. The van der Waals surface area contributed by atoms with Crippen LogP contribution >= 0.6 is 0 Å². The van der Waals surface area contributed by atoms with E-state index in [1.165, 1.54) is 0 Å². The van der Waals surface area contributed by atoms with E-state index < -0.39 is 0 Å². The Bertz CT molecular complexity index is 506. The highest BCUT2D eigenvalue weighted by Crippen LogP contribution is 2.28. The van der Waals surface area contributed by atoms with Crippen molar-refractivity contribution >= 4 is 11.6 Å². The smallest absolute Gasteiger partial charge is 0.223 e. The minimum Gasteiger partial charge on any atom is -0.495 e. The Kier molecular flexibility index (Phi) is 4.83. The molecule has 1 aromatic carbocycles. The van der Waals surface area contributed by atoms with E-state index >= 15 is 0 Å². The minimum absolute atomic E-state index is 0.313. The molecule has 1 unspecified atom stereocenters. The van der Waals surface area contributed by atoms with Crippen molar-refractivity contribution in [1.82, 2.24) is 10.2 Å². The molecule has 2 aliphatic rings. The molecule has 0 saturated carbocycles. The summed E-state index contributed by atoms with van der Waals surface area (Å²) in [6, 6.07) is 8.08. The van der Waals surface area contributed by atoms with Crippen LogP contribution in [0, 0.1) is 5.92 Å². The van der Waals surface area contributed by atoms with Gasteiger partial charge in [0.25, 0.3) is 0 Å². The van der Waals surface area contributed by atoms with E-state index in [9.17, 15) is 4.79 Å². The first-order valence-electron chi connectivity index (χ1n) is 8.14. The molecule has 2 heterocycles. The van der Waals surface area contributed by atoms with E-state index in [0.717, 1.165) is 57.1 Å². The van der Waals surface area contributed by atoms with Gasteiger partial charge in [-0.3, -0.25) is 4.79 Å². The summed E-state index contributed by atoms with van der Waals surface area (Å²) in [6.07, 6.45) is 1.83. The number of hydrogen-bond donors (Lipinski definition) is 1. The van der Waals surface area contributed by atoms with Crippen molar-refractivity contribution in [1.29, 1.82) is 0 Å². The number of amides is 1. The zero-order valence-electron chi connectivity index (χ0n) is 13.3. The number of benzene rings is 1. The third-order valence-electron chi connectivity index (χ3n) is 4.68. The summed E-state index contributed by atoms with van der Waals surface area (Å²) in [7, 11) is 1.70. The Hall–Kier alpha value is -1.75. The number of anilines is 1. The van der Waals surface area contributed by atoms with Gasteiger partial charge >= 0.3 is 0 Å². The van der Waals surface area contributed by atoms with Crippen molar-refractivity contribution in [2.45, 2.75) is 12.8 Å². The molecule has 0 spiro atoms. The molecule has 5 nitrogen and oxygen atoms in total. The van der Waals surface area contributed by atoms with Crippen LogP contribution in [0.25, 0.3) is 0 Å². The second-order valence-corrected chi connectivity index (χ2v) is 6.10. The fourth-order valence-corrected chi connectivity index (χ4v) is 3.35. The number of carbonyl (C=O) groups is 1. The zero-order chi connectivity index (χ0) is 15.4. The Morgan fingerprint density at radius 3 is 2.73 bits per heavy atom. The van der Waals surface area contributed by atoms with Crippen LogP contribution in [0.1, 0.15) is 12.8 Å². The standard InChI is InChI=1S/C17H25N3O2/c1-22-16-5-3-2-4-15(16)19-8-10-20(11-9-19)17(21)12-14-6-7-18-13-14/h2-5,14,18H,6-13H2,1H3. The van der Waals surface area contributed by atoms with Gasteiger partial charge in [-0.15, -0.1) is 0 Å². The van der Waals surface area contributed by atoms with E-state index in [4.69, 9.17) is 4.74 Å². The van der Waals surface area contributed by atoms with Crippen LogP contribution in [-0.4, -0.2) is 57.2 Å². The van der Waals surface area contributed by atoms with Gasteiger partial charge in [0.15, 0.2) is 0 Å². The second kappa shape index (κ2) is 7.01. The molecule has 0 aromatic heterocycles. The SMILES string of the molecule is COc1ccccc1N1CCN(C(=O)CC2CCNC2)CC1. The molecule has 5 heteroatoms. The van der Waals surface area contributed by atoms with Gasteiger partial charge in [0, 0.05) is 32.6 Å². The van der Waals surface area contributed by atoms with Crippen molar-refractivity contribution < 1.29 is 9.53 Å². The molecule has 2 aliphatic heterocycles. The van der Waals surface area contributed by atoms with Crippen LogP contribution in [0.2, 0.25) is 0 Å². The van der Waals surface area contributed by atoms with Crippen LogP contribution in [0.4, 0.5) is 5.69 Å². The Labute approximate surface area is 132 Å². The van der Waals surface area contributed by atoms with E-state index in [-0.39, 0.29) is 0 Å². The van der Waals surface area contributed by atoms with Crippen molar-refractivity contribution in [2.75, 3.05) is 51.3 Å². The first-order valence-corrected chi connectivity index (χ1v) is 8.14. The molecular weight excluding hydrogens is 278 g/mol. The summed E-state index contributed by atoms with van der Waals surface area (Å²) in [5.41, 5.74) is 1.12. The average Bonchev–Trinajstić information content (AvgIpc) is 3.08. The zero-order valence-corrected chi connectivity index (χ0v) is 13.3. The maximum atomic E-state index is 12.4. The Balaban J connectivity index is 1.54. The van der Waals surface area contributed by atoms with Crippen molar-refractivity contribution in [3.05, 3.63) is 24.3 Å². The van der Waals surface area contributed by atoms with Crippen LogP contribution < -0.4 is 15.0 Å². The summed E-state index contributed by atoms with van der Waals surface area (Å²) >= 11 is 0. The Morgan fingerprint density at radius 1 is 1.27 bits per heavy atom. The van der Waals surface area contributed by atoms with E-state index in [1.807, 2.05) is 23.1 Å². The molecule has 1 amide bonds. The second-order valence-electron chi connectivity index (χ2n) is 6.10. The van der Waals surface area contributed by atoms with Crippen LogP contribution in [0.15, 0.2) is 24.3 Å². The molecule has 1 N–H and O–H groups in total. The lowest BCUT2D eigenvalue weighted by atomic mass is 10.0. The van der Waals surface area contributed by atoms with Crippen molar-refractivity contribution in [2.24, 2.45) is 5.92 Å². The molecule has 0 bridgehead atoms. The lowest BCUT2D eigenvalue weighted by Crippen LogP contribution is -2.49. The molecule has 2 fully saturated rings. The average molecular weight is 303 g/mol. The van der Waals surface area contributed by atoms with Gasteiger partial charge < -0.3 is 19.9 Å². The highest BCUT2D eigenvalue weighted by Gasteiger charge is 2.25. The maximum Gasteiger partial charge on any atom is 0.223 e. The lowest BCUT2D eigenvalue weighted by molar-refractivity contribution is -0.132. The first kappa shape index (κ1) is 15.2. The maximum absolute atomic E-state index is 12.4. The van der Waals surface area contributed by atoms with Crippen molar-refractivity contribution in [3.8, 4) is 5.75 Å². The van der Waals surface area contributed by atoms with Gasteiger partial charge in [0.2, 0.25) is 5.91 Å². The number of nitrogens with one attached hydrogen (secondary N) is 1. The highest BCUT2D eigenvalue weighted by molar-refractivity contribution is 5.77. The number of piperazine rings is 1. The van der Waals surface area contributed by atoms with Gasteiger partial charge in [-0.1, -0.05) is 12.1 Å². The van der Waals surface area contributed by atoms with Crippen LogP contribution in [0.3, 0.4) is 0 Å². The molecule has 22 heavy (non-hydrogen) atoms. The summed E-state index contributed by atoms with van der Waals surface area (Å²) in [4.78, 5) is 16.7. The molecule has 0 radical (unpaired) electrons. The Morgan fingerprint density at radius 2 is 2.05 bits per heavy atom. The topological polar surface area (TPSA) is 44.8 Å². The highest BCUT2D eigenvalue weighted by atomic mass is 16.5. The fourth-order valence-electron chi connectivity index (χ4n) is 3.35. The number of hydrogen-bond acceptors (Lipinski definition) is 4. The normalized spacial score (nSPS) is 22.0. The lowest BCUT2D eigenvalue weighted by Gasteiger charge is -2.37. The molecule has 120 valence electrons. The summed E-state index contributed by atoms with van der Waals surface area (Å²) < 4.78 is 5.43. The van der Waals surface area contributed by atoms with Gasteiger partial charge in [0.05, 0.1) is 12.8 Å². The van der Waals surface area contributed by atoms with Crippen molar-refractivity contribution in [3.63, 3.8) is 0 Å². The number of rotatable bonds is 4. The molecule has 1 aromatic rings. The molecule has 1 atom stereocenters.